The van der Waals surface area contributed by atoms with Gasteiger partial charge in [0.15, 0.2) is 5.82 Å². The van der Waals surface area contributed by atoms with Crippen LogP contribution in [0, 0.1) is 13.8 Å². The topological polar surface area (TPSA) is 29.0 Å². The van der Waals surface area contributed by atoms with Gasteiger partial charge in [0.1, 0.15) is 0 Å². The van der Waals surface area contributed by atoms with Crippen LogP contribution >= 0.6 is 11.6 Å². The molecule has 0 N–H and O–H groups in total. The summed E-state index contributed by atoms with van der Waals surface area (Å²) in [5, 5.41) is 0.216. The molecule has 2 heterocycles. The van der Waals surface area contributed by atoms with E-state index >= 15 is 0 Å². The van der Waals surface area contributed by atoms with Crippen LogP contribution in [0.1, 0.15) is 44.0 Å². The lowest BCUT2D eigenvalue weighted by Gasteiger charge is -2.38. The van der Waals surface area contributed by atoms with Gasteiger partial charge in [-0.25, -0.2) is 4.98 Å². The smallest absolute Gasteiger partial charge is 0.150 e. The maximum atomic E-state index is 6.17. The Bertz CT molecular complexity index is 406. The summed E-state index contributed by atoms with van der Waals surface area (Å²) in [6.45, 7) is 7.19. The first kappa shape index (κ1) is 13.6. The zero-order chi connectivity index (χ0) is 13.1. The van der Waals surface area contributed by atoms with Crippen molar-refractivity contribution in [2.75, 3.05) is 11.4 Å². The van der Waals surface area contributed by atoms with Crippen LogP contribution in [0.2, 0.25) is 0 Å². The monoisotopic (exact) mass is 267 g/mol. The Morgan fingerprint density at radius 3 is 2.94 bits per heavy atom. The number of hydrogen-bond donors (Lipinski definition) is 0. The van der Waals surface area contributed by atoms with Crippen molar-refractivity contribution in [2.24, 2.45) is 0 Å². The fourth-order valence-corrected chi connectivity index (χ4v) is 2.90. The Kier molecular flexibility index (Phi) is 4.44. The van der Waals surface area contributed by atoms with Gasteiger partial charge in [0.2, 0.25) is 0 Å². The molecule has 1 aliphatic heterocycles. The summed E-state index contributed by atoms with van der Waals surface area (Å²) in [4.78, 5) is 11.5. The van der Waals surface area contributed by atoms with E-state index in [2.05, 4.69) is 21.8 Å². The average Bonchev–Trinajstić information content (AvgIpc) is 2.32. The van der Waals surface area contributed by atoms with E-state index in [1.165, 1.54) is 19.3 Å². The minimum Gasteiger partial charge on any atom is -0.352 e. The summed E-state index contributed by atoms with van der Waals surface area (Å²) in [7, 11) is 0. The molecule has 1 saturated heterocycles. The molecular weight excluding hydrogens is 246 g/mol. The minimum absolute atomic E-state index is 0.216. The van der Waals surface area contributed by atoms with Crippen molar-refractivity contribution in [2.45, 2.75) is 57.9 Å². The molecule has 4 heteroatoms. The SMILES string of the molecule is Cc1cnc(C)c(N2CCCCC2CC(C)Cl)n1. The second-order valence-electron chi connectivity index (χ2n) is 5.28. The van der Waals surface area contributed by atoms with E-state index in [0.717, 1.165) is 30.2 Å². The quantitative estimate of drug-likeness (QED) is 0.786. The zero-order valence-electron chi connectivity index (χ0n) is 11.5. The third-order valence-electron chi connectivity index (χ3n) is 3.55. The number of anilines is 1. The Balaban J connectivity index is 2.24. The summed E-state index contributed by atoms with van der Waals surface area (Å²) in [5.41, 5.74) is 2.01. The first-order chi connectivity index (χ1) is 8.58. The Morgan fingerprint density at radius 2 is 2.22 bits per heavy atom. The molecule has 1 aromatic rings. The van der Waals surface area contributed by atoms with E-state index in [-0.39, 0.29) is 5.38 Å². The molecule has 0 spiro atoms. The highest BCUT2D eigenvalue weighted by molar-refractivity contribution is 6.20. The van der Waals surface area contributed by atoms with Gasteiger partial charge in [-0.05, 0) is 46.5 Å². The highest BCUT2D eigenvalue weighted by Crippen LogP contribution is 2.28. The van der Waals surface area contributed by atoms with Gasteiger partial charge in [-0.3, -0.25) is 4.98 Å². The third-order valence-corrected chi connectivity index (χ3v) is 3.73. The standard InChI is InChI=1S/C14H22ClN3/c1-10(15)8-13-6-4-5-7-18(13)14-12(3)16-9-11(2)17-14/h9-10,13H,4-8H2,1-3H3. The normalized spacial score (nSPS) is 22.0. The van der Waals surface area contributed by atoms with E-state index in [1.54, 1.807) is 0 Å². The summed E-state index contributed by atoms with van der Waals surface area (Å²) in [5.74, 6) is 1.05. The highest BCUT2D eigenvalue weighted by Gasteiger charge is 2.26. The number of hydrogen-bond acceptors (Lipinski definition) is 3. The zero-order valence-corrected chi connectivity index (χ0v) is 12.2. The summed E-state index contributed by atoms with van der Waals surface area (Å²) in [6, 6.07) is 0.515. The van der Waals surface area contributed by atoms with Crippen LogP contribution in [0.5, 0.6) is 0 Å². The van der Waals surface area contributed by atoms with Crippen LogP contribution in [0.4, 0.5) is 5.82 Å². The average molecular weight is 268 g/mol. The van der Waals surface area contributed by atoms with E-state index < -0.39 is 0 Å². The van der Waals surface area contributed by atoms with E-state index in [0.29, 0.717) is 6.04 Å². The predicted molar refractivity (Wildman–Crippen MR) is 76.4 cm³/mol. The van der Waals surface area contributed by atoms with Gasteiger partial charge in [0, 0.05) is 24.2 Å². The van der Waals surface area contributed by atoms with Crippen LogP contribution in [-0.2, 0) is 0 Å². The van der Waals surface area contributed by atoms with E-state index in [9.17, 15) is 0 Å². The van der Waals surface area contributed by atoms with Crippen molar-refractivity contribution >= 4 is 17.4 Å². The minimum atomic E-state index is 0.216. The molecule has 1 fully saturated rings. The summed E-state index contributed by atoms with van der Waals surface area (Å²) >= 11 is 6.17. The molecule has 1 aliphatic rings. The van der Waals surface area contributed by atoms with Crippen LogP contribution in [-0.4, -0.2) is 27.9 Å². The summed E-state index contributed by atoms with van der Waals surface area (Å²) < 4.78 is 0. The Morgan fingerprint density at radius 1 is 1.44 bits per heavy atom. The Labute approximate surface area is 115 Å². The number of rotatable bonds is 3. The van der Waals surface area contributed by atoms with Gasteiger partial charge in [-0.15, -0.1) is 11.6 Å². The van der Waals surface area contributed by atoms with Gasteiger partial charge in [0.05, 0.1) is 11.4 Å². The second-order valence-corrected chi connectivity index (χ2v) is 6.02. The lowest BCUT2D eigenvalue weighted by atomic mass is 9.98. The largest absolute Gasteiger partial charge is 0.352 e. The molecule has 0 saturated carbocycles. The predicted octanol–water partition coefficient (Wildman–Crippen LogP) is 3.47. The molecule has 3 nitrogen and oxygen atoms in total. The van der Waals surface area contributed by atoms with Crippen molar-refractivity contribution in [3.05, 3.63) is 17.6 Å². The maximum Gasteiger partial charge on any atom is 0.150 e. The van der Waals surface area contributed by atoms with Crippen molar-refractivity contribution in [1.29, 1.82) is 0 Å². The van der Waals surface area contributed by atoms with Gasteiger partial charge in [0.25, 0.3) is 0 Å². The van der Waals surface area contributed by atoms with Crippen molar-refractivity contribution in [3.63, 3.8) is 0 Å². The fraction of sp³-hybridized carbons (Fsp3) is 0.714. The van der Waals surface area contributed by atoms with Gasteiger partial charge < -0.3 is 4.90 Å². The molecule has 2 rings (SSSR count). The molecule has 0 amide bonds. The molecule has 2 unspecified atom stereocenters. The number of aromatic nitrogens is 2. The fourth-order valence-electron chi connectivity index (χ4n) is 2.70. The molecule has 0 aromatic carbocycles. The maximum absolute atomic E-state index is 6.17. The van der Waals surface area contributed by atoms with Crippen LogP contribution < -0.4 is 4.90 Å². The van der Waals surface area contributed by atoms with Gasteiger partial charge in [-0.1, -0.05) is 0 Å². The molecular formula is C14H22ClN3. The molecule has 1 aromatic heterocycles. The van der Waals surface area contributed by atoms with E-state index in [4.69, 9.17) is 11.6 Å². The molecule has 100 valence electrons. The number of halogens is 1. The number of aryl methyl sites for hydroxylation is 2. The van der Waals surface area contributed by atoms with Crippen LogP contribution in [0.25, 0.3) is 0 Å². The molecule has 2 atom stereocenters. The van der Waals surface area contributed by atoms with Crippen LogP contribution in [0.3, 0.4) is 0 Å². The lowest BCUT2D eigenvalue weighted by Crippen LogP contribution is -2.41. The number of nitrogens with zero attached hydrogens (tertiary/aromatic N) is 3. The van der Waals surface area contributed by atoms with Gasteiger partial charge >= 0.3 is 0 Å². The Hall–Kier alpha value is -0.830. The number of piperidine rings is 1. The van der Waals surface area contributed by atoms with Crippen LogP contribution in [0.15, 0.2) is 6.20 Å². The van der Waals surface area contributed by atoms with Gasteiger partial charge in [-0.2, -0.15) is 0 Å². The number of alkyl halides is 1. The first-order valence-electron chi connectivity index (χ1n) is 6.79. The van der Waals surface area contributed by atoms with Crippen molar-refractivity contribution in [3.8, 4) is 0 Å². The third kappa shape index (κ3) is 3.14. The molecule has 18 heavy (non-hydrogen) atoms. The lowest BCUT2D eigenvalue weighted by molar-refractivity contribution is 0.432. The van der Waals surface area contributed by atoms with E-state index in [1.807, 2.05) is 20.0 Å². The first-order valence-corrected chi connectivity index (χ1v) is 7.22. The summed E-state index contributed by atoms with van der Waals surface area (Å²) in [6.07, 6.45) is 6.61. The second kappa shape index (κ2) is 5.87. The molecule has 0 bridgehead atoms. The van der Waals surface area contributed by atoms with Crippen molar-refractivity contribution < 1.29 is 0 Å². The van der Waals surface area contributed by atoms with Crippen molar-refractivity contribution in [1.82, 2.24) is 9.97 Å². The molecule has 0 radical (unpaired) electrons. The molecule has 0 aliphatic carbocycles. The highest BCUT2D eigenvalue weighted by atomic mass is 35.5.